The van der Waals surface area contributed by atoms with Gasteiger partial charge in [-0.05, 0) is 43.7 Å². The lowest BCUT2D eigenvalue weighted by Crippen LogP contribution is -2.48. The van der Waals surface area contributed by atoms with Gasteiger partial charge in [0.1, 0.15) is 17.5 Å². The summed E-state index contributed by atoms with van der Waals surface area (Å²) in [4.78, 5) is 6.66. The van der Waals surface area contributed by atoms with Crippen molar-refractivity contribution in [1.82, 2.24) is 4.98 Å². The first-order chi connectivity index (χ1) is 12.9. The van der Waals surface area contributed by atoms with Crippen LogP contribution in [0.15, 0.2) is 60.8 Å². The van der Waals surface area contributed by atoms with Gasteiger partial charge in [0.25, 0.3) is 0 Å². The highest BCUT2D eigenvalue weighted by atomic mass is 19.1. The van der Waals surface area contributed by atoms with Crippen molar-refractivity contribution in [3.05, 3.63) is 78.0 Å². The molecule has 0 spiro atoms. The number of pyridine rings is 1. The van der Waals surface area contributed by atoms with Gasteiger partial charge in [-0.3, -0.25) is 0 Å². The molecule has 138 valence electrons. The van der Waals surface area contributed by atoms with E-state index in [0.717, 1.165) is 28.7 Å². The zero-order chi connectivity index (χ0) is 19.0. The second-order valence-corrected chi connectivity index (χ2v) is 7.56. The fourth-order valence-corrected chi connectivity index (χ4v) is 3.51. The topological polar surface area (TPSA) is 28.2 Å². The van der Waals surface area contributed by atoms with Crippen LogP contribution in [0, 0.1) is 11.6 Å². The Labute approximate surface area is 157 Å². The van der Waals surface area contributed by atoms with Crippen LogP contribution < -0.4 is 10.2 Å². The van der Waals surface area contributed by atoms with E-state index in [-0.39, 0.29) is 12.1 Å². The van der Waals surface area contributed by atoms with Crippen molar-refractivity contribution in [2.75, 3.05) is 16.8 Å². The molecule has 0 amide bonds. The first-order valence-electron chi connectivity index (χ1n) is 8.94. The lowest BCUT2D eigenvalue weighted by atomic mass is 9.99. The Morgan fingerprint density at radius 1 is 1.04 bits per heavy atom. The molecule has 1 aromatic heterocycles. The van der Waals surface area contributed by atoms with Gasteiger partial charge in [0, 0.05) is 30.4 Å². The van der Waals surface area contributed by atoms with E-state index in [1.54, 1.807) is 0 Å². The van der Waals surface area contributed by atoms with Gasteiger partial charge in [-0.2, -0.15) is 0 Å². The van der Waals surface area contributed by atoms with E-state index in [4.69, 9.17) is 0 Å². The molecule has 0 radical (unpaired) electrons. The van der Waals surface area contributed by atoms with Gasteiger partial charge in [0.05, 0.1) is 11.2 Å². The van der Waals surface area contributed by atoms with Crippen LogP contribution in [0.3, 0.4) is 0 Å². The molecule has 0 saturated heterocycles. The van der Waals surface area contributed by atoms with Crippen molar-refractivity contribution < 1.29 is 8.78 Å². The number of hydrogen-bond acceptors (Lipinski definition) is 3. The number of nitrogens with one attached hydrogen (secondary N) is 1. The lowest BCUT2D eigenvalue weighted by Gasteiger charge is -2.41. The summed E-state index contributed by atoms with van der Waals surface area (Å²) in [5.74, 6) is -0.0821. The largest absolute Gasteiger partial charge is 0.362 e. The standard InChI is InChI=1S/C22H21F2N3/c1-22(2)14-27(13-17-10-18(23)8-9-19(17)24)20-11-16(12-25-21(20)26-22)15-6-4-3-5-7-15/h3-12H,13-14H2,1-2H3,(H,25,26). The molecule has 5 heteroatoms. The Bertz CT molecular complexity index is 971. The molecule has 0 unspecified atom stereocenters. The molecule has 0 atom stereocenters. The number of hydrogen-bond donors (Lipinski definition) is 1. The van der Waals surface area contributed by atoms with E-state index >= 15 is 0 Å². The maximum absolute atomic E-state index is 14.2. The second-order valence-electron chi connectivity index (χ2n) is 7.56. The molecule has 2 heterocycles. The molecular weight excluding hydrogens is 344 g/mol. The molecule has 1 N–H and O–H groups in total. The number of halogens is 2. The summed E-state index contributed by atoms with van der Waals surface area (Å²) in [6.45, 7) is 5.06. The fourth-order valence-electron chi connectivity index (χ4n) is 3.51. The Hall–Kier alpha value is -2.95. The van der Waals surface area contributed by atoms with Crippen LogP contribution >= 0.6 is 0 Å². The van der Waals surface area contributed by atoms with Gasteiger partial charge < -0.3 is 10.2 Å². The molecular formula is C22H21F2N3. The van der Waals surface area contributed by atoms with Crippen molar-refractivity contribution in [3.63, 3.8) is 0 Å². The number of benzene rings is 2. The quantitative estimate of drug-likeness (QED) is 0.688. The summed E-state index contributed by atoms with van der Waals surface area (Å²) >= 11 is 0. The summed E-state index contributed by atoms with van der Waals surface area (Å²) in [7, 11) is 0. The van der Waals surface area contributed by atoms with Gasteiger partial charge in [-0.15, -0.1) is 0 Å². The van der Waals surface area contributed by atoms with Crippen LogP contribution in [0.25, 0.3) is 11.1 Å². The van der Waals surface area contributed by atoms with Gasteiger partial charge in [0.2, 0.25) is 0 Å². The predicted octanol–water partition coefficient (Wildman–Crippen LogP) is 5.24. The highest BCUT2D eigenvalue weighted by molar-refractivity contribution is 5.77. The Balaban J connectivity index is 1.75. The number of rotatable bonds is 3. The molecule has 3 nitrogen and oxygen atoms in total. The van der Waals surface area contributed by atoms with Crippen molar-refractivity contribution in [2.45, 2.75) is 25.9 Å². The van der Waals surface area contributed by atoms with E-state index in [2.05, 4.69) is 35.1 Å². The third kappa shape index (κ3) is 3.63. The van der Waals surface area contributed by atoms with Gasteiger partial charge >= 0.3 is 0 Å². The molecule has 0 bridgehead atoms. The highest BCUT2D eigenvalue weighted by Gasteiger charge is 2.31. The monoisotopic (exact) mass is 365 g/mol. The van der Waals surface area contributed by atoms with Crippen LogP contribution in [-0.4, -0.2) is 17.1 Å². The fraction of sp³-hybridized carbons (Fsp3) is 0.227. The van der Waals surface area contributed by atoms with Crippen molar-refractivity contribution in [2.24, 2.45) is 0 Å². The van der Waals surface area contributed by atoms with E-state index in [1.807, 2.05) is 36.5 Å². The van der Waals surface area contributed by atoms with Crippen molar-refractivity contribution in [3.8, 4) is 11.1 Å². The minimum atomic E-state index is -0.433. The van der Waals surface area contributed by atoms with Crippen LogP contribution in [-0.2, 0) is 6.54 Å². The average molecular weight is 365 g/mol. The molecule has 1 aliphatic heterocycles. The predicted molar refractivity (Wildman–Crippen MR) is 105 cm³/mol. The molecule has 4 rings (SSSR count). The molecule has 0 fully saturated rings. The maximum Gasteiger partial charge on any atom is 0.150 e. The lowest BCUT2D eigenvalue weighted by molar-refractivity contribution is 0.517. The van der Waals surface area contributed by atoms with Crippen LogP contribution in [0.5, 0.6) is 0 Å². The Morgan fingerprint density at radius 2 is 1.81 bits per heavy atom. The van der Waals surface area contributed by atoms with Crippen LogP contribution in [0.2, 0.25) is 0 Å². The Kier molecular flexibility index (Phi) is 4.30. The van der Waals surface area contributed by atoms with Crippen LogP contribution in [0.4, 0.5) is 20.3 Å². The summed E-state index contributed by atoms with van der Waals surface area (Å²) < 4.78 is 27.8. The minimum absolute atomic E-state index is 0.238. The van der Waals surface area contributed by atoms with Crippen molar-refractivity contribution >= 4 is 11.5 Å². The second kappa shape index (κ2) is 6.65. The number of nitrogens with zero attached hydrogens (tertiary/aromatic N) is 2. The zero-order valence-corrected chi connectivity index (χ0v) is 15.3. The smallest absolute Gasteiger partial charge is 0.150 e. The zero-order valence-electron chi connectivity index (χ0n) is 15.3. The van der Waals surface area contributed by atoms with Gasteiger partial charge in [-0.1, -0.05) is 30.3 Å². The number of anilines is 2. The first kappa shape index (κ1) is 17.5. The van der Waals surface area contributed by atoms with Crippen LogP contribution in [0.1, 0.15) is 19.4 Å². The van der Waals surface area contributed by atoms with E-state index < -0.39 is 11.6 Å². The SMILES string of the molecule is CC1(C)CN(Cc2cc(F)ccc2F)c2cc(-c3ccccc3)cnc2N1. The van der Waals surface area contributed by atoms with Gasteiger partial charge in [0.15, 0.2) is 0 Å². The minimum Gasteiger partial charge on any atom is -0.362 e. The van der Waals surface area contributed by atoms with Gasteiger partial charge in [-0.25, -0.2) is 13.8 Å². The van der Waals surface area contributed by atoms with Crippen molar-refractivity contribution in [1.29, 1.82) is 0 Å². The molecule has 27 heavy (non-hydrogen) atoms. The van der Waals surface area contributed by atoms with E-state index in [0.29, 0.717) is 12.1 Å². The first-order valence-corrected chi connectivity index (χ1v) is 8.94. The summed E-state index contributed by atoms with van der Waals surface area (Å²) in [6, 6.07) is 15.6. The number of fused-ring (bicyclic) bond motifs is 1. The van der Waals surface area contributed by atoms with E-state index in [9.17, 15) is 8.78 Å². The summed E-state index contributed by atoms with van der Waals surface area (Å²) in [5.41, 5.74) is 3.04. The average Bonchev–Trinajstić information content (AvgIpc) is 2.64. The summed E-state index contributed by atoms with van der Waals surface area (Å²) in [5, 5.41) is 3.44. The maximum atomic E-state index is 14.2. The number of aromatic nitrogens is 1. The molecule has 0 aliphatic carbocycles. The molecule has 1 aliphatic rings. The highest BCUT2D eigenvalue weighted by Crippen LogP contribution is 2.36. The molecule has 3 aromatic rings. The van der Waals surface area contributed by atoms with E-state index in [1.165, 1.54) is 12.1 Å². The Morgan fingerprint density at radius 3 is 2.59 bits per heavy atom. The summed E-state index contributed by atoms with van der Waals surface area (Å²) in [6.07, 6.45) is 1.84. The normalized spacial score (nSPS) is 15.2. The third-order valence-corrected chi connectivity index (χ3v) is 4.73. The third-order valence-electron chi connectivity index (χ3n) is 4.73. The molecule has 0 saturated carbocycles. The molecule has 2 aromatic carbocycles.